The summed E-state index contributed by atoms with van der Waals surface area (Å²) in [7, 11) is 1.20. The lowest BCUT2D eigenvalue weighted by Gasteiger charge is -2.08. The number of halogens is 3. The number of carbonyl (C=O) groups is 1. The number of ether oxygens (including phenoxy) is 1. The van der Waals surface area contributed by atoms with E-state index in [1.54, 1.807) is 0 Å². The Kier molecular flexibility index (Phi) is 4.13. The lowest BCUT2D eigenvalue weighted by atomic mass is 10.2. The van der Waals surface area contributed by atoms with Gasteiger partial charge in [-0.25, -0.2) is 4.79 Å². The topological polar surface area (TPSA) is 76.7 Å². The van der Waals surface area contributed by atoms with E-state index in [-0.39, 0.29) is 11.7 Å². The quantitative estimate of drug-likeness (QED) is 0.601. The molecule has 0 fully saturated rings. The molecule has 0 saturated carbocycles. The number of alkyl halides is 3. The van der Waals surface area contributed by atoms with Crippen molar-refractivity contribution in [3.05, 3.63) is 29.8 Å². The molecule has 98 valence electrons. The van der Waals surface area contributed by atoms with Gasteiger partial charge in [0.2, 0.25) is 0 Å². The normalized spacial score (nSPS) is 12.1. The van der Waals surface area contributed by atoms with Crippen molar-refractivity contribution in [3.8, 4) is 0 Å². The van der Waals surface area contributed by atoms with E-state index in [1.165, 1.54) is 19.2 Å². The Morgan fingerprint density at radius 1 is 1.44 bits per heavy atom. The second-order valence-electron chi connectivity index (χ2n) is 3.16. The third-order valence-electron chi connectivity index (χ3n) is 1.86. The number of rotatable bonds is 1. The van der Waals surface area contributed by atoms with Crippen molar-refractivity contribution in [2.75, 3.05) is 12.4 Å². The van der Waals surface area contributed by atoms with E-state index in [1.807, 2.05) is 0 Å². The van der Waals surface area contributed by atoms with Crippen molar-refractivity contribution in [3.63, 3.8) is 0 Å². The highest BCUT2D eigenvalue weighted by atomic mass is 19.4. The summed E-state index contributed by atoms with van der Waals surface area (Å²) >= 11 is 0. The molecule has 3 N–H and O–H groups in total. The van der Waals surface area contributed by atoms with Crippen LogP contribution in [0.1, 0.15) is 5.56 Å². The first kappa shape index (κ1) is 13.8. The fourth-order valence-corrected chi connectivity index (χ4v) is 1.07. The Bertz CT molecular complexity index is 472. The molecule has 0 aliphatic carbocycles. The van der Waals surface area contributed by atoms with Gasteiger partial charge >= 0.3 is 12.2 Å². The summed E-state index contributed by atoms with van der Waals surface area (Å²) in [6.45, 7) is 0. The number of nitrogens with zero attached hydrogens (tertiary/aromatic N) is 1. The number of hydrogen-bond acceptors (Lipinski definition) is 2. The molecule has 0 aliphatic rings. The standard InChI is InChI=1S/C10H10F3N3O2/c1-18-8(14)16-9(17)15-7-4-2-3-6(5-7)10(11,12)13/h2-5H,1H3,(H3,14,15,16,17). The summed E-state index contributed by atoms with van der Waals surface area (Å²) in [5, 5.41) is 2.13. The Balaban J connectivity index is 2.83. The van der Waals surface area contributed by atoms with Crippen LogP contribution in [0.4, 0.5) is 23.7 Å². The summed E-state index contributed by atoms with van der Waals surface area (Å²) in [5.41, 5.74) is 4.20. The van der Waals surface area contributed by atoms with Gasteiger partial charge in [0.15, 0.2) is 0 Å². The number of hydrogen-bond donors (Lipinski definition) is 2. The molecule has 0 saturated heterocycles. The molecule has 8 heteroatoms. The number of urea groups is 1. The molecule has 0 aliphatic heterocycles. The Labute approximate surface area is 100 Å². The van der Waals surface area contributed by atoms with Crippen LogP contribution in [0.2, 0.25) is 0 Å². The molecule has 0 aromatic heterocycles. The number of methoxy groups -OCH3 is 1. The van der Waals surface area contributed by atoms with Crippen LogP contribution >= 0.6 is 0 Å². The van der Waals surface area contributed by atoms with Crippen LogP contribution < -0.4 is 11.1 Å². The van der Waals surface area contributed by atoms with E-state index >= 15 is 0 Å². The molecule has 0 radical (unpaired) electrons. The van der Waals surface area contributed by atoms with Gasteiger partial charge < -0.3 is 15.8 Å². The van der Waals surface area contributed by atoms with Gasteiger partial charge in [0, 0.05) is 5.69 Å². The molecule has 1 rings (SSSR count). The van der Waals surface area contributed by atoms with Crippen LogP contribution in [-0.4, -0.2) is 19.2 Å². The van der Waals surface area contributed by atoms with E-state index in [0.29, 0.717) is 0 Å². The second kappa shape index (κ2) is 5.39. The molecular weight excluding hydrogens is 251 g/mol. The Morgan fingerprint density at radius 2 is 2.11 bits per heavy atom. The fourth-order valence-electron chi connectivity index (χ4n) is 1.07. The van der Waals surface area contributed by atoms with Crippen LogP contribution in [0.5, 0.6) is 0 Å². The third-order valence-corrected chi connectivity index (χ3v) is 1.86. The smallest absolute Gasteiger partial charge is 0.416 e. The zero-order chi connectivity index (χ0) is 13.8. The van der Waals surface area contributed by atoms with Gasteiger partial charge in [-0.3, -0.25) is 0 Å². The monoisotopic (exact) mass is 261 g/mol. The van der Waals surface area contributed by atoms with Crippen LogP contribution in [0.25, 0.3) is 0 Å². The summed E-state index contributed by atoms with van der Waals surface area (Å²) in [6.07, 6.45) is -4.48. The Hall–Kier alpha value is -2.25. The van der Waals surface area contributed by atoms with E-state index in [2.05, 4.69) is 15.0 Å². The molecule has 0 unspecified atom stereocenters. The first-order valence-corrected chi connectivity index (χ1v) is 4.69. The van der Waals surface area contributed by atoms with E-state index in [0.717, 1.165) is 12.1 Å². The third kappa shape index (κ3) is 3.96. The highest BCUT2D eigenvalue weighted by Crippen LogP contribution is 2.30. The largest absolute Gasteiger partial charge is 0.468 e. The summed E-state index contributed by atoms with van der Waals surface area (Å²) < 4.78 is 41.6. The van der Waals surface area contributed by atoms with Crippen molar-refractivity contribution in [1.29, 1.82) is 0 Å². The summed E-state index contributed by atoms with van der Waals surface area (Å²) in [4.78, 5) is 14.4. The van der Waals surface area contributed by atoms with Crippen molar-refractivity contribution < 1.29 is 22.7 Å². The van der Waals surface area contributed by atoms with Crippen molar-refractivity contribution in [2.24, 2.45) is 10.7 Å². The molecule has 1 aromatic rings. The molecule has 1 aromatic carbocycles. The average molecular weight is 261 g/mol. The van der Waals surface area contributed by atoms with Gasteiger partial charge in [-0.15, -0.1) is 4.99 Å². The molecule has 2 amide bonds. The van der Waals surface area contributed by atoms with E-state index < -0.39 is 17.8 Å². The zero-order valence-electron chi connectivity index (χ0n) is 9.28. The summed E-state index contributed by atoms with van der Waals surface area (Å²) in [6, 6.07) is 2.83. The predicted octanol–water partition coefficient (Wildman–Crippen LogP) is 2.20. The number of nitrogens with one attached hydrogen (secondary N) is 1. The second-order valence-corrected chi connectivity index (χ2v) is 3.16. The van der Waals surface area contributed by atoms with Crippen LogP contribution in [0.3, 0.4) is 0 Å². The van der Waals surface area contributed by atoms with Gasteiger partial charge in [-0.1, -0.05) is 6.07 Å². The number of benzene rings is 1. The first-order chi connectivity index (χ1) is 8.32. The average Bonchev–Trinajstić information content (AvgIpc) is 2.27. The van der Waals surface area contributed by atoms with E-state index in [4.69, 9.17) is 5.73 Å². The van der Waals surface area contributed by atoms with Gasteiger partial charge in [0.1, 0.15) is 0 Å². The summed E-state index contributed by atoms with van der Waals surface area (Å²) in [5.74, 6) is 0. The van der Waals surface area contributed by atoms with Gasteiger partial charge in [-0.2, -0.15) is 13.2 Å². The molecule has 5 nitrogen and oxygen atoms in total. The molecular formula is C10H10F3N3O2. The molecule has 18 heavy (non-hydrogen) atoms. The zero-order valence-corrected chi connectivity index (χ0v) is 9.28. The van der Waals surface area contributed by atoms with Gasteiger partial charge in [0.25, 0.3) is 6.02 Å². The number of nitrogens with two attached hydrogens (primary N) is 1. The number of amidine groups is 1. The molecule has 0 bridgehead atoms. The predicted molar refractivity (Wildman–Crippen MR) is 59.1 cm³/mol. The molecule has 0 spiro atoms. The lowest BCUT2D eigenvalue weighted by Crippen LogP contribution is -2.18. The highest BCUT2D eigenvalue weighted by Gasteiger charge is 2.30. The number of aliphatic imine (C=N–C) groups is 1. The van der Waals surface area contributed by atoms with Crippen molar-refractivity contribution in [1.82, 2.24) is 0 Å². The highest BCUT2D eigenvalue weighted by molar-refractivity contribution is 5.96. The van der Waals surface area contributed by atoms with Crippen LogP contribution in [-0.2, 0) is 10.9 Å². The maximum Gasteiger partial charge on any atom is 0.416 e. The van der Waals surface area contributed by atoms with Gasteiger partial charge in [0.05, 0.1) is 12.7 Å². The number of carbonyl (C=O) groups excluding carboxylic acids is 1. The Morgan fingerprint density at radius 3 is 2.67 bits per heavy atom. The van der Waals surface area contributed by atoms with Crippen molar-refractivity contribution in [2.45, 2.75) is 6.18 Å². The maximum atomic E-state index is 12.4. The maximum absolute atomic E-state index is 12.4. The number of amides is 2. The number of anilines is 1. The lowest BCUT2D eigenvalue weighted by molar-refractivity contribution is -0.137. The van der Waals surface area contributed by atoms with E-state index in [9.17, 15) is 18.0 Å². The SMILES string of the molecule is CO/C(N)=N/C(=O)Nc1cccc(C(F)(F)F)c1. The fraction of sp³-hybridized carbons (Fsp3) is 0.200. The van der Waals surface area contributed by atoms with Gasteiger partial charge in [-0.05, 0) is 18.2 Å². The minimum Gasteiger partial charge on any atom is -0.468 e. The van der Waals surface area contributed by atoms with Crippen LogP contribution in [0.15, 0.2) is 29.3 Å². The van der Waals surface area contributed by atoms with Crippen molar-refractivity contribution >= 4 is 17.7 Å². The molecule has 0 atom stereocenters. The minimum absolute atomic E-state index is 0.0394. The van der Waals surface area contributed by atoms with Crippen LogP contribution in [0, 0.1) is 0 Å². The first-order valence-electron chi connectivity index (χ1n) is 4.69. The minimum atomic E-state index is -4.48. The molecule has 0 heterocycles.